The van der Waals surface area contributed by atoms with Crippen molar-refractivity contribution in [2.24, 2.45) is 5.92 Å². The molecule has 1 aromatic rings. The van der Waals surface area contributed by atoms with Gasteiger partial charge in [0.25, 0.3) is 0 Å². The van der Waals surface area contributed by atoms with Crippen LogP contribution in [0.5, 0.6) is 0 Å². The lowest BCUT2D eigenvalue weighted by Crippen LogP contribution is -2.12. The van der Waals surface area contributed by atoms with Gasteiger partial charge in [0.05, 0.1) is 4.47 Å². The van der Waals surface area contributed by atoms with Crippen molar-refractivity contribution in [1.29, 1.82) is 0 Å². The molecule has 0 bridgehead atoms. The maximum Gasteiger partial charge on any atom is 0.166 e. The molecule has 0 aromatic heterocycles. The third-order valence-electron chi connectivity index (χ3n) is 2.82. The molecule has 1 saturated carbocycles. The highest BCUT2D eigenvalue weighted by Gasteiger charge is 2.29. The maximum atomic E-state index is 13.2. The zero-order valence-corrected chi connectivity index (χ0v) is 10.1. The average molecular weight is 285 g/mol. The van der Waals surface area contributed by atoms with E-state index in [1.54, 1.807) is 6.07 Å². The normalized spacial score (nSPS) is 20.1. The van der Waals surface area contributed by atoms with E-state index in [1.807, 2.05) is 0 Å². The van der Waals surface area contributed by atoms with Gasteiger partial charge in [-0.3, -0.25) is 9.59 Å². The van der Waals surface area contributed by atoms with Crippen molar-refractivity contribution in [2.45, 2.75) is 19.3 Å². The van der Waals surface area contributed by atoms with E-state index in [1.165, 1.54) is 12.1 Å². The Morgan fingerprint density at radius 2 is 2.19 bits per heavy atom. The Kier molecular flexibility index (Phi) is 3.19. The van der Waals surface area contributed by atoms with E-state index in [-0.39, 0.29) is 17.5 Å². The van der Waals surface area contributed by atoms with Gasteiger partial charge < -0.3 is 0 Å². The Hall–Kier alpha value is -1.03. The van der Waals surface area contributed by atoms with E-state index < -0.39 is 5.82 Å². The summed E-state index contributed by atoms with van der Waals surface area (Å²) in [7, 11) is 0. The van der Waals surface area contributed by atoms with Gasteiger partial charge >= 0.3 is 0 Å². The fourth-order valence-electron chi connectivity index (χ4n) is 1.92. The molecule has 0 saturated heterocycles. The fourth-order valence-corrected chi connectivity index (χ4v) is 2.17. The Balaban J connectivity index is 2.21. The summed E-state index contributed by atoms with van der Waals surface area (Å²) in [5, 5.41) is 0. The second-order valence-electron chi connectivity index (χ2n) is 3.97. The first-order valence-corrected chi connectivity index (χ1v) is 5.88. The van der Waals surface area contributed by atoms with Gasteiger partial charge in [0.1, 0.15) is 11.6 Å². The molecule has 1 unspecified atom stereocenters. The molecule has 0 aliphatic heterocycles. The first kappa shape index (κ1) is 11.5. The molecule has 0 heterocycles. The zero-order valence-electron chi connectivity index (χ0n) is 8.50. The van der Waals surface area contributed by atoms with E-state index >= 15 is 0 Å². The lowest BCUT2D eigenvalue weighted by molar-refractivity contribution is -0.117. The molecule has 2 rings (SSSR count). The van der Waals surface area contributed by atoms with Crippen LogP contribution in [0.4, 0.5) is 4.39 Å². The monoisotopic (exact) mass is 284 g/mol. The molecule has 1 aliphatic carbocycles. The van der Waals surface area contributed by atoms with Crippen molar-refractivity contribution in [3.05, 3.63) is 34.1 Å². The van der Waals surface area contributed by atoms with Crippen LogP contribution in [-0.4, -0.2) is 11.6 Å². The Bertz CT molecular complexity index is 456. The van der Waals surface area contributed by atoms with Crippen LogP contribution >= 0.6 is 15.9 Å². The summed E-state index contributed by atoms with van der Waals surface area (Å²) in [5.74, 6) is -0.712. The Labute approximate surface area is 101 Å². The van der Waals surface area contributed by atoms with Gasteiger partial charge in [-0.2, -0.15) is 0 Å². The van der Waals surface area contributed by atoms with E-state index in [2.05, 4.69) is 15.9 Å². The number of ketones is 2. The second-order valence-corrected chi connectivity index (χ2v) is 4.83. The van der Waals surface area contributed by atoms with Gasteiger partial charge in [-0.15, -0.1) is 0 Å². The Morgan fingerprint density at radius 1 is 1.44 bits per heavy atom. The number of hydrogen-bond donors (Lipinski definition) is 0. The maximum absolute atomic E-state index is 13.2. The summed E-state index contributed by atoms with van der Waals surface area (Å²) in [6, 6.07) is 4.31. The van der Waals surface area contributed by atoms with Crippen LogP contribution in [-0.2, 0) is 4.79 Å². The molecule has 2 nitrogen and oxygen atoms in total. The zero-order chi connectivity index (χ0) is 11.7. The largest absolute Gasteiger partial charge is 0.300 e. The molecule has 16 heavy (non-hydrogen) atoms. The van der Waals surface area contributed by atoms with Crippen molar-refractivity contribution >= 4 is 27.5 Å². The number of carbonyl (C=O) groups excluding carboxylic acids is 2. The molecule has 0 radical (unpaired) electrons. The summed E-state index contributed by atoms with van der Waals surface area (Å²) >= 11 is 3.03. The highest BCUT2D eigenvalue weighted by molar-refractivity contribution is 9.10. The molecule has 4 heteroatoms. The quantitative estimate of drug-likeness (QED) is 0.782. The van der Waals surface area contributed by atoms with Crippen LogP contribution in [0.25, 0.3) is 0 Å². The summed E-state index contributed by atoms with van der Waals surface area (Å²) in [6.45, 7) is 0. The lowest BCUT2D eigenvalue weighted by atomic mass is 9.96. The topological polar surface area (TPSA) is 34.1 Å². The van der Waals surface area contributed by atoms with Crippen LogP contribution < -0.4 is 0 Å². The van der Waals surface area contributed by atoms with Crippen LogP contribution in [0.3, 0.4) is 0 Å². The number of rotatable bonds is 2. The van der Waals surface area contributed by atoms with Gasteiger partial charge in [0, 0.05) is 24.3 Å². The van der Waals surface area contributed by atoms with Crippen molar-refractivity contribution in [3.8, 4) is 0 Å². The minimum Gasteiger partial charge on any atom is -0.300 e. The summed E-state index contributed by atoms with van der Waals surface area (Å²) < 4.78 is 13.6. The number of hydrogen-bond acceptors (Lipinski definition) is 2. The molecule has 1 atom stereocenters. The lowest BCUT2D eigenvalue weighted by Gasteiger charge is -2.07. The minimum absolute atomic E-state index is 0.121. The van der Waals surface area contributed by atoms with Gasteiger partial charge in [-0.25, -0.2) is 4.39 Å². The third kappa shape index (κ3) is 2.21. The predicted molar refractivity (Wildman–Crippen MR) is 60.8 cm³/mol. The van der Waals surface area contributed by atoms with Gasteiger partial charge in [0.15, 0.2) is 5.78 Å². The molecular weight excluding hydrogens is 275 g/mol. The summed E-state index contributed by atoms with van der Waals surface area (Å²) in [5.41, 5.74) is 0.348. The van der Waals surface area contributed by atoms with Gasteiger partial charge in [-0.05, 0) is 34.5 Å². The third-order valence-corrected chi connectivity index (χ3v) is 3.46. The molecular formula is C12H10BrFO2. The van der Waals surface area contributed by atoms with Crippen LogP contribution in [0.2, 0.25) is 0 Å². The van der Waals surface area contributed by atoms with E-state index in [0.717, 1.165) is 0 Å². The molecule has 0 spiro atoms. The van der Waals surface area contributed by atoms with Crippen LogP contribution in [0.1, 0.15) is 29.6 Å². The summed E-state index contributed by atoms with van der Waals surface area (Å²) in [6.07, 6.45) is 1.36. The highest BCUT2D eigenvalue weighted by Crippen LogP contribution is 2.27. The number of halogens is 2. The van der Waals surface area contributed by atoms with Gasteiger partial charge in [-0.1, -0.05) is 6.07 Å². The number of carbonyl (C=O) groups is 2. The van der Waals surface area contributed by atoms with Crippen LogP contribution in [0.15, 0.2) is 22.7 Å². The molecule has 84 valence electrons. The molecule has 0 N–H and O–H groups in total. The van der Waals surface area contributed by atoms with Crippen molar-refractivity contribution < 1.29 is 14.0 Å². The highest BCUT2D eigenvalue weighted by atomic mass is 79.9. The molecule has 0 amide bonds. The van der Waals surface area contributed by atoms with E-state index in [4.69, 9.17) is 0 Å². The predicted octanol–water partition coefficient (Wildman–Crippen LogP) is 3.14. The minimum atomic E-state index is -0.449. The fraction of sp³-hybridized carbons (Fsp3) is 0.333. The second kappa shape index (κ2) is 4.45. The first-order valence-electron chi connectivity index (χ1n) is 5.09. The van der Waals surface area contributed by atoms with Gasteiger partial charge in [0.2, 0.25) is 0 Å². The number of Topliss-reactive ketones (excluding diaryl/α,β-unsaturated/α-hetero) is 2. The van der Waals surface area contributed by atoms with E-state index in [0.29, 0.717) is 29.3 Å². The van der Waals surface area contributed by atoms with Crippen molar-refractivity contribution in [1.82, 2.24) is 0 Å². The molecule has 1 fully saturated rings. The Morgan fingerprint density at radius 3 is 2.75 bits per heavy atom. The van der Waals surface area contributed by atoms with Crippen LogP contribution in [0, 0.1) is 11.7 Å². The van der Waals surface area contributed by atoms with Crippen molar-refractivity contribution in [3.63, 3.8) is 0 Å². The molecule has 1 aliphatic rings. The average Bonchev–Trinajstić information content (AvgIpc) is 2.68. The smallest absolute Gasteiger partial charge is 0.166 e. The standard InChI is InChI=1S/C12H10BrFO2/c13-10-4-2-8(6-11(10)14)12(16)7-1-3-9(15)5-7/h2,4,6-7H,1,3,5H2. The van der Waals surface area contributed by atoms with Crippen molar-refractivity contribution in [2.75, 3.05) is 0 Å². The first-order chi connectivity index (χ1) is 7.58. The number of benzene rings is 1. The summed E-state index contributed by atoms with van der Waals surface area (Å²) in [4.78, 5) is 23.0. The van der Waals surface area contributed by atoms with E-state index in [9.17, 15) is 14.0 Å². The molecule has 1 aromatic carbocycles. The SMILES string of the molecule is O=C1CCC(C(=O)c2ccc(Br)c(F)c2)C1.